The van der Waals surface area contributed by atoms with E-state index in [-0.39, 0.29) is 11.5 Å². The molecule has 4 aromatic rings. The maximum absolute atomic E-state index is 13.4. The van der Waals surface area contributed by atoms with Crippen LogP contribution in [0.4, 0.5) is 14.5 Å². The van der Waals surface area contributed by atoms with Gasteiger partial charge < -0.3 is 5.32 Å². The molecule has 29 heavy (non-hydrogen) atoms. The van der Waals surface area contributed by atoms with Gasteiger partial charge in [0, 0.05) is 16.8 Å². The number of fused-ring (bicyclic) bond motifs is 3. The van der Waals surface area contributed by atoms with Crippen LogP contribution in [0.5, 0.6) is 0 Å². The molecule has 3 aromatic carbocycles. The van der Waals surface area contributed by atoms with Crippen LogP contribution >= 0.6 is 0 Å². The SMILES string of the molecule is O=c1nc2n(nc1-c1ccc(F)cc1)[C@@H](c1ccc(F)cc1)Nc1ccccc1-2. The van der Waals surface area contributed by atoms with Crippen molar-refractivity contribution < 1.29 is 8.78 Å². The van der Waals surface area contributed by atoms with Crippen LogP contribution in [0.1, 0.15) is 11.7 Å². The van der Waals surface area contributed by atoms with E-state index in [1.54, 1.807) is 16.8 Å². The molecular formula is C22H14F2N4O. The van der Waals surface area contributed by atoms with Crippen LogP contribution in [-0.2, 0) is 0 Å². The summed E-state index contributed by atoms with van der Waals surface area (Å²) in [5, 5.41) is 7.93. The van der Waals surface area contributed by atoms with Gasteiger partial charge in [0.05, 0.1) is 0 Å². The number of rotatable bonds is 2. The van der Waals surface area contributed by atoms with E-state index < -0.39 is 17.5 Å². The number of halogens is 2. The number of hydrogen-bond acceptors (Lipinski definition) is 4. The first-order valence-electron chi connectivity index (χ1n) is 8.98. The molecule has 1 aromatic heterocycles. The second-order valence-corrected chi connectivity index (χ2v) is 6.68. The molecule has 7 heteroatoms. The molecule has 0 radical (unpaired) electrons. The molecule has 0 spiro atoms. The lowest BCUT2D eigenvalue weighted by Gasteiger charge is -2.30. The normalized spacial score (nSPS) is 14.6. The first kappa shape index (κ1) is 17.2. The van der Waals surface area contributed by atoms with Gasteiger partial charge in [0.1, 0.15) is 17.8 Å². The van der Waals surface area contributed by atoms with Crippen LogP contribution in [0.15, 0.2) is 77.6 Å². The molecule has 142 valence electrons. The average molecular weight is 388 g/mol. The zero-order valence-corrected chi connectivity index (χ0v) is 15.0. The van der Waals surface area contributed by atoms with Crippen LogP contribution < -0.4 is 10.9 Å². The standard InChI is InChI=1S/C22H14F2N4O/c23-15-9-5-13(6-10-15)19-22(29)26-21-17-3-1-2-4-18(17)25-20(28(21)27-19)14-7-11-16(24)12-8-14/h1-12,20,25H/t20-/m0/s1. The molecule has 1 N–H and O–H groups in total. The third kappa shape index (κ3) is 2.97. The van der Waals surface area contributed by atoms with Crippen molar-refractivity contribution in [3.05, 3.63) is 100 Å². The third-order valence-electron chi connectivity index (χ3n) is 4.84. The monoisotopic (exact) mass is 388 g/mol. The molecule has 0 saturated heterocycles. The third-order valence-corrected chi connectivity index (χ3v) is 4.84. The predicted molar refractivity (Wildman–Crippen MR) is 105 cm³/mol. The molecule has 1 aliphatic heterocycles. The largest absolute Gasteiger partial charge is 0.359 e. The lowest BCUT2D eigenvalue weighted by Crippen LogP contribution is -2.32. The van der Waals surface area contributed by atoms with Gasteiger partial charge in [-0.25, -0.2) is 13.5 Å². The summed E-state index contributed by atoms with van der Waals surface area (Å²) in [5.74, 6) is -0.340. The van der Waals surface area contributed by atoms with E-state index in [1.165, 1.54) is 36.4 Å². The Bertz CT molecular complexity index is 1270. The summed E-state index contributed by atoms with van der Waals surface area (Å²) >= 11 is 0. The first-order valence-corrected chi connectivity index (χ1v) is 8.98. The Morgan fingerprint density at radius 2 is 1.52 bits per heavy atom. The number of aromatic nitrogens is 3. The summed E-state index contributed by atoms with van der Waals surface area (Å²) in [5.41, 5.74) is 2.37. The molecule has 0 unspecified atom stereocenters. The van der Waals surface area contributed by atoms with Crippen LogP contribution in [0.25, 0.3) is 22.6 Å². The number of nitrogens with one attached hydrogen (secondary N) is 1. The van der Waals surface area contributed by atoms with Gasteiger partial charge in [0.25, 0.3) is 5.56 Å². The molecule has 5 nitrogen and oxygen atoms in total. The average Bonchev–Trinajstić information content (AvgIpc) is 2.74. The fourth-order valence-electron chi connectivity index (χ4n) is 3.43. The molecule has 5 rings (SSSR count). The van der Waals surface area contributed by atoms with Crippen LogP contribution in [0.2, 0.25) is 0 Å². The molecule has 0 amide bonds. The van der Waals surface area contributed by atoms with Gasteiger partial charge in [-0.15, -0.1) is 0 Å². The second kappa shape index (κ2) is 6.63. The van der Waals surface area contributed by atoms with E-state index in [2.05, 4.69) is 15.4 Å². The molecule has 1 aliphatic rings. The summed E-state index contributed by atoms with van der Waals surface area (Å²) in [4.78, 5) is 17.0. The molecule has 0 saturated carbocycles. The maximum Gasteiger partial charge on any atom is 0.300 e. The summed E-state index contributed by atoms with van der Waals surface area (Å²) in [6.07, 6.45) is -0.493. The molecule has 0 aliphatic carbocycles. The smallest absolute Gasteiger partial charge is 0.300 e. The van der Waals surface area contributed by atoms with E-state index >= 15 is 0 Å². The fraction of sp³-hybridized carbons (Fsp3) is 0.0455. The minimum Gasteiger partial charge on any atom is -0.359 e. The van der Waals surface area contributed by atoms with E-state index in [1.807, 2.05) is 24.3 Å². The van der Waals surface area contributed by atoms with Gasteiger partial charge in [0.2, 0.25) is 0 Å². The number of benzene rings is 3. The van der Waals surface area contributed by atoms with Gasteiger partial charge >= 0.3 is 0 Å². The highest BCUT2D eigenvalue weighted by Gasteiger charge is 2.28. The van der Waals surface area contributed by atoms with Crippen molar-refractivity contribution in [2.45, 2.75) is 6.17 Å². The minimum atomic E-state index is -0.502. The first-order chi connectivity index (χ1) is 14.1. The summed E-state index contributed by atoms with van der Waals surface area (Å²) in [6, 6.07) is 19.0. The summed E-state index contributed by atoms with van der Waals surface area (Å²) < 4.78 is 28.3. The fourth-order valence-corrected chi connectivity index (χ4v) is 3.43. The van der Waals surface area contributed by atoms with Crippen molar-refractivity contribution in [2.24, 2.45) is 0 Å². The summed E-state index contributed by atoms with van der Waals surface area (Å²) in [6.45, 7) is 0. The van der Waals surface area contributed by atoms with Crippen molar-refractivity contribution >= 4 is 5.69 Å². The Morgan fingerprint density at radius 1 is 0.862 bits per heavy atom. The highest BCUT2D eigenvalue weighted by molar-refractivity contribution is 5.76. The van der Waals surface area contributed by atoms with Crippen LogP contribution in [-0.4, -0.2) is 14.8 Å². The van der Waals surface area contributed by atoms with E-state index in [9.17, 15) is 13.6 Å². The Hall–Kier alpha value is -3.87. The molecular weight excluding hydrogens is 374 g/mol. The van der Waals surface area contributed by atoms with Gasteiger partial charge in [-0.2, -0.15) is 10.1 Å². The van der Waals surface area contributed by atoms with Crippen molar-refractivity contribution in [2.75, 3.05) is 5.32 Å². The zero-order chi connectivity index (χ0) is 20.0. The van der Waals surface area contributed by atoms with Gasteiger partial charge in [-0.05, 0) is 54.1 Å². The lowest BCUT2D eigenvalue weighted by atomic mass is 10.1. The molecule has 0 bridgehead atoms. The summed E-state index contributed by atoms with van der Waals surface area (Å²) in [7, 11) is 0. The van der Waals surface area contributed by atoms with E-state index in [4.69, 9.17) is 0 Å². The number of nitrogens with zero attached hydrogens (tertiary/aromatic N) is 3. The lowest BCUT2D eigenvalue weighted by molar-refractivity contribution is 0.547. The quantitative estimate of drug-likeness (QED) is 0.559. The minimum absolute atomic E-state index is 0.113. The number of hydrogen-bond donors (Lipinski definition) is 1. The van der Waals surface area contributed by atoms with E-state index in [0.29, 0.717) is 11.4 Å². The van der Waals surface area contributed by atoms with Gasteiger partial charge in [-0.1, -0.05) is 24.3 Å². The predicted octanol–water partition coefficient (Wildman–Crippen LogP) is 4.22. The van der Waals surface area contributed by atoms with Crippen molar-refractivity contribution in [1.82, 2.24) is 14.8 Å². The number of para-hydroxylation sites is 1. The Morgan fingerprint density at radius 3 is 2.24 bits per heavy atom. The van der Waals surface area contributed by atoms with Gasteiger partial charge in [-0.3, -0.25) is 4.79 Å². The maximum atomic E-state index is 13.4. The zero-order valence-electron chi connectivity index (χ0n) is 15.0. The molecule has 1 atom stereocenters. The highest BCUT2D eigenvalue weighted by Crippen LogP contribution is 2.36. The highest BCUT2D eigenvalue weighted by atomic mass is 19.1. The van der Waals surface area contributed by atoms with Crippen LogP contribution in [0.3, 0.4) is 0 Å². The topological polar surface area (TPSA) is 59.8 Å². The van der Waals surface area contributed by atoms with Gasteiger partial charge in [0.15, 0.2) is 11.5 Å². The van der Waals surface area contributed by atoms with Crippen molar-refractivity contribution in [3.63, 3.8) is 0 Å². The van der Waals surface area contributed by atoms with Crippen molar-refractivity contribution in [3.8, 4) is 22.6 Å². The molecule has 0 fully saturated rings. The van der Waals surface area contributed by atoms with Crippen molar-refractivity contribution in [1.29, 1.82) is 0 Å². The Kier molecular flexibility index (Phi) is 3.94. The Balaban J connectivity index is 1.74. The Labute approximate surface area is 164 Å². The number of anilines is 1. The van der Waals surface area contributed by atoms with E-state index in [0.717, 1.165) is 16.8 Å². The van der Waals surface area contributed by atoms with Crippen LogP contribution in [0, 0.1) is 11.6 Å². The molecule has 2 heterocycles. The second-order valence-electron chi connectivity index (χ2n) is 6.68.